The van der Waals surface area contributed by atoms with Gasteiger partial charge in [0.25, 0.3) is 0 Å². The number of carbonyl (C=O) groups excluding carboxylic acids is 2. The number of aliphatic hydroxyl groups is 1. The molecule has 5 N–H and O–H groups in total. The first-order valence-corrected chi connectivity index (χ1v) is 20.0. The van der Waals surface area contributed by atoms with Gasteiger partial charge < -0.3 is 30.9 Å². The van der Waals surface area contributed by atoms with Crippen LogP contribution in [-0.4, -0.2) is 65.5 Å². The van der Waals surface area contributed by atoms with Crippen molar-refractivity contribution in [1.29, 1.82) is 0 Å². The second-order valence-electron chi connectivity index (χ2n) is 15.0. The van der Waals surface area contributed by atoms with Crippen LogP contribution in [0.3, 0.4) is 0 Å². The Morgan fingerprint density at radius 2 is 1.37 bits per heavy atom. The van der Waals surface area contributed by atoms with Gasteiger partial charge >= 0.3 is 0 Å². The van der Waals surface area contributed by atoms with Gasteiger partial charge in [-0.05, 0) is 64.1 Å². The third kappa shape index (κ3) is 11.4. The zero-order chi connectivity index (χ0) is 39.4. The Balaban J connectivity index is 0.961. The van der Waals surface area contributed by atoms with Crippen molar-refractivity contribution in [2.75, 3.05) is 43.8 Å². The Hall–Kier alpha value is -5.36. The number of benzene rings is 5. The standard InChI is InChI=1S/C47H53N5O5/c48-42-15-4-5-16-43(42)50-46(55)18-8-17-45(54)49-30-36-11-6-12-38(27-36)39-13-7-14-40(28-39)47-56-41(29-44(57-47)37-21-19-35(33-53)20-22-37)32-52-25-23-51(24-26-52)31-34-9-2-1-3-10-34/h1-7,9-16,19-22,27-28,41,44,47,53H,8,17-18,23-26,29-33,48H2,(H,49,54)(H,50,55). The van der Waals surface area contributed by atoms with Crippen LogP contribution < -0.4 is 16.4 Å². The highest BCUT2D eigenvalue weighted by atomic mass is 16.7. The maximum Gasteiger partial charge on any atom is 0.224 e. The summed E-state index contributed by atoms with van der Waals surface area (Å²) < 4.78 is 13.5. The van der Waals surface area contributed by atoms with Crippen molar-refractivity contribution in [3.63, 3.8) is 0 Å². The maximum absolute atomic E-state index is 12.7. The largest absolute Gasteiger partial charge is 0.397 e. The number of aliphatic hydroxyl groups excluding tert-OH is 1. The molecule has 57 heavy (non-hydrogen) atoms. The molecular weight excluding hydrogens is 715 g/mol. The van der Waals surface area contributed by atoms with Gasteiger partial charge in [-0.2, -0.15) is 0 Å². The van der Waals surface area contributed by atoms with E-state index in [4.69, 9.17) is 15.2 Å². The number of nitrogen functional groups attached to an aromatic ring is 1. The summed E-state index contributed by atoms with van der Waals surface area (Å²) >= 11 is 0. The number of anilines is 2. The van der Waals surface area contributed by atoms with E-state index in [1.165, 1.54) is 5.56 Å². The lowest BCUT2D eigenvalue weighted by Gasteiger charge is -2.41. The molecule has 296 valence electrons. The summed E-state index contributed by atoms with van der Waals surface area (Å²) in [7, 11) is 0. The van der Waals surface area contributed by atoms with Crippen LogP contribution >= 0.6 is 0 Å². The van der Waals surface area contributed by atoms with E-state index in [0.717, 1.165) is 79.1 Å². The van der Waals surface area contributed by atoms with Gasteiger partial charge in [-0.15, -0.1) is 0 Å². The Kier molecular flexibility index (Phi) is 13.8. The predicted molar refractivity (Wildman–Crippen MR) is 224 cm³/mol. The third-order valence-electron chi connectivity index (χ3n) is 10.7. The highest BCUT2D eigenvalue weighted by Crippen LogP contribution is 2.39. The fourth-order valence-corrected chi connectivity index (χ4v) is 7.54. The Morgan fingerprint density at radius 3 is 2.14 bits per heavy atom. The first-order valence-electron chi connectivity index (χ1n) is 20.0. The number of ether oxygens (including phenoxy) is 2. The van der Waals surface area contributed by atoms with Crippen LogP contribution in [0.5, 0.6) is 0 Å². The van der Waals surface area contributed by atoms with E-state index in [2.05, 4.69) is 93.2 Å². The molecule has 2 aliphatic heterocycles. The number of nitrogens with zero attached hydrogens (tertiary/aromatic N) is 2. The van der Waals surface area contributed by atoms with Gasteiger partial charge in [0.15, 0.2) is 6.29 Å². The molecule has 3 unspecified atom stereocenters. The molecule has 3 atom stereocenters. The van der Waals surface area contributed by atoms with Crippen LogP contribution in [-0.2, 0) is 38.8 Å². The zero-order valence-electron chi connectivity index (χ0n) is 32.4. The van der Waals surface area contributed by atoms with Crippen molar-refractivity contribution in [3.05, 3.63) is 155 Å². The molecule has 10 nitrogen and oxygen atoms in total. The number of nitrogens with one attached hydrogen (secondary N) is 2. The zero-order valence-corrected chi connectivity index (χ0v) is 32.4. The minimum absolute atomic E-state index is 0.00296. The number of amides is 2. The lowest BCUT2D eigenvalue weighted by atomic mass is 9.98. The Morgan fingerprint density at radius 1 is 0.684 bits per heavy atom. The van der Waals surface area contributed by atoms with E-state index < -0.39 is 6.29 Å². The van der Waals surface area contributed by atoms with E-state index in [1.807, 2.05) is 42.5 Å². The predicted octanol–water partition coefficient (Wildman–Crippen LogP) is 7.22. The average Bonchev–Trinajstić information content (AvgIpc) is 3.25. The molecule has 5 aromatic carbocycles. The van der Waals surface area contributed by atoms with Crippen LogP contribution in [0.25, 0.3) is 11.1 Å². The molecule has 0 bridgehead atoms. The van der Waals surface area contributed by atoms with Crippen LogP contribution in [0.15, 0.2) is 127 Å². The highest BCUT2D eigenvalue weighted by molar-refractivity contribution is 5.94. The van der Waals surface area contributed by atoms with E-state index >= 15 is 0 Å². The van der Waals surface area contributed by atoms with Crippen LogP contribution in [0, 0.1) is 0 Å². The van der Waals surface area contributed by atoms with Gasteiger partial charge in [0.05, 0.1) is 30.2 Å². The number of piperazine rings is 1. The van der Waals surface area contributed by atoms with Crippen LogP contribution in [0.2, 0.25) is 0 Å². The van der Waals surface area contributed by atoms with Crippen LogP contribution in [0.1, 0.15) is 65.9 Å². The van der Waals surface area contributed by atoms with Gasteiger partial charge in [-0.3, -0.25) is 19.4 Å². The number of hydrogen-bond donors (Lipinski definition) is 4. The molecule has 5 aromatic rings. The molecular formula is C47H53N5O5. The van der Waals surface area contributed by atoms with E-state index in [0.29, 0.717) is 24.3 Å². The molecule has 0 spiro atoms. The summed E-state index contributed by atoms with van der Waals surface area (Å²) in [5.41, 5.74) is 14.3. The molecule has 0 aliphatic carbocycles. The SMILES string of the molecule is Nc1ccccc1NC(=O)CCCC(=O)NCc1cccc(-c2cccc(C3OC(CN4CCN(Cc5ccccc5)CC4)CC(c4ccc(CO)cc4)O3)c2)c1. The molecule has 2 saturated heterocycles. The topological polar surface area (TPSA) is 129 Å². The van der Waals surface area contributed by atoms with Crippen molar-refractivity contribution in [2.24, 2.45) is 0 Å². The van der Waals surface area contributed by atoms with E-state index in [9.17, 15) is 14.7 Å². The molecule has 0 radical (unpaired) electrons. The highest BCUT2D eigenvalue weighted by Gasteiger charge is 2.34. The quantitative estimate of drug-likeness (QED) is 0.0823. The van der Waals surface area contributed by atoms with Crippen molar-refractivity contribution < 1.29 is 24.2 Å². The number of nitrogens with two attached hydrogens (primary N) is 1. The summed E-state index contributed by atoms with van der Waals surface area (Å²) in [5.74, 6) is -0.277. The first kappa shape index (κ1) is 39.9. The lowest BCUT2D eigenvalue weighted by molar-refractivity contribution is -0.253. The van der Waals surface area contributed by atoms with E-state index in [1.54, 1.807) is 12.1 Å². The summed E-state index contributed by atoms with van der Waals surface area (Å²) in [6.07, 6.45) is 0.907. The summed E-state index contributed by atoms with van der Waals surface area (Å²) in [4.78, 5) is 30.1. The number of carbonyl (C=O) groups is 2. The number of rotatable bonds is 15. The van der Waals surface area contributed by atoms with Gasteiger partial charge in [-0.25, -0.2) is 0 Å². The maximum atomic E-state index is 12.7. The average molecular weight is 768 g/mol. The minimum Gasteiger partial charge on any atom is -0.397 e. The Labute approximate surface area is 335 Å². The molecule has 2 aliphatic rings. The molecule has 7 rings (SSSR count). The molecule has 2 fully saturated rings. The summed E-state index contributed by atoms with van der Waals surface area (Å²) in [6.45, 7) is 6.19. The molecule has 0 aromatic heterocycles. The molecule has 2 amide bonds. The first-order chi connectivity index (χ1) is 27.9. The summed E-state index contributed by atoms with van der Waals surface area (Å²) in [5, 5.41) is 15.5. The van der Waals surface area contributed by atoms with Gasteiger partial charge in [0, 0.05) is 70.6 Å². The third-order valence-corrected chi connectivity index (χ3v) is 10.7. The number of para-hydroxylation sites is 2. The fourth-order valence-electron chi connectivity index (χ4n) is 7.54. The van der Waals surface area contributed by atoms with E-state index in [-0.39, 0.29) is 43.5 Å². The van der Waals surface area contributed by atoms with Crippen molar-refractivity contribution >= 4 is 23.2 Å². The Bertz CT molecular complexity index is 2070. The monoisotopic (exact) mass is 767 g/mol. The summed E-state index contributed by atoms with van der Waals surface area (Å²) in [6, 6.07) is 42.3. The fraction of sp³-hybridized carbons (Fsp3) is 0.319. The van der Waals surface area contributed by atoms with Crippen LogP contribution in [0.4, 0.5) is 11.4 Å². The smallest absolute Gasteiger partial charge is 0.224 e. The molecule has 0 saturated carbocycles. The van der Waals surface area contributed by atoms with Gasteiger partial charge in [-0.1, -0.05) is 103 Å². The molecule has 2 heterocycles. The van der Waals surface area contributed by atoms with Gasteiger partial charge in [0.1, 0.15) is 0 Å². The van der Waals surface area contributed by atoms with Crippen molar-refractivity contribution in [3.8, 4) is 11.1 Å². The van der Waals surface area contributed by atoms with Crippen molar-refractivity contribution in [1.82, 2.24) is 15.1 Å². The normalized spacial score (nSPS) is 18.9. The second-order valence-corrected chi connectivity index (χ2v) is 15.0. The minimum atomic E-state index is -0.555. The molecule has 10 heteroatoms. The van der Waals surface area contributed by atoms with Gasteiger partial charge in [0.2, 0.25) is 11.8 Å². The second kappa shape index (κ2) is 19.7. The lowest BCUT2D eigenvalue weighted by Crippen LogP contribution is -2.49. The van der Waals surface area contributed by atoms with Crippen molar-refractivity contribution in [2.45, 2.75) is 63.9 Å². The number of hydrogen-bond acceptors (Lipinski definition) is 8.